The second-order valence-corrected chi connectivity index (χ2v) is 6.18. The Hall–Kier alpha value is -0.860. The summed E-state index contributed by atoms with van der Waals surface area (Å²) >= 11 is 0. The zero-order valence-electron chi connectivity index (χ0n) is 12.0. The zero-order valence-corrected chi connectivity index (χ0v) is 12.0. The Labute approximate surface area is 117 Å². The molecule has 0 heterocycles. The van der Waals surface area contributed by atoms with Gasteiger partial charge in [-0.15, -0.1) is 0 Å². The predicted octanol–water partition coefficient (Wildman–Crippen LogP) is 2.78. The molecule has 3 unspecified atom stereocenters. The molecule has 0 aliphatic heterocycles. The largest absolute Gasteiger partial charge is 0.330 e. The summed E-state index contributed by atoms with van der Waals surface area (Å²) in [6, 6.07) is 9.67. The van der Waals surface area contributed by atoms with Crippen molar-refractivity contribution in [2.45, 2.75) is 44.6 Å². The molecule has 1 saturated carbocycles. The van der Waals surface area contributed by atoms with Gasteiger partial charge < -0.3 is 5.73 Å². The van der Waals surface area contributed by atoms with E-state index in [-0.39, 0.29) is 0 Å². The van der Waals surface area contributed by atoms with Gasteiger partial charge >= 0.3 is 0 Å². The average Bonchev–Trinajstić information content (AvgIpc) is 2.88. The highest BCUT2D eigenvalue weighted by atomic mass is 15.2. The van der Waals surface area contributed by atoms with E-state index in [1.807, 2.05) is 0 Å². The predicted molar refractivity (Wildman–Crippen MR) is 80.3 cm³/mol. The van der Waals surface area contributed by atoms with Crippen molar-refractivity contribution in [1.82, 2.24) is 4.90 Å². The second-order valence-electron chi connectivity index (χ2n) is 6.18. The van der Waals surface area contributed by atoms with Gasteiger partial charge in [-0.1, -0.05) is 37.6 Å². The molecular formula is C17H26N2. The van der Waals surface area contributed by atoms with Crippen LogP contribution in [-0.4, -0.2) is 30.6 Å². The number of hydrogen-bond acceptors (Lipinski definition) is 2. The van der Waals surface area contributed by atoms with Crippen LogP contribution < -0.4 is 5.73 Å². The van der Waals surface area contributed by atoms with Crippen LogP contribution in [0.5, 0.6) is 0 Å². The first-order valence-corrected chi connectivity index (χ1v) is 7.85. The van der Waals surface area contributed by atoms with Crippen LogP contribution in [0.15, 0.2) is 24.3 Å². The Kier molecular flexibility index (Phi) is 3.90. The van der Waals surface area contributed by atoms with Gasteiger partial charge in [0.05, 0.1) is 0 Å². The normalized spacial score (nSPS) is 29.3. The standard InChI is InChI=1S/C17H26N2/c1-2-19(17-9-5-7-14(17)11-18)12-15-10-13-6-3-4-8-16(13)15/h3-4,6,8,14-15,17H,2,5,7,9-12,18H2,1H3. The minimum Gasteiger partial charge on any atom is -0.330 e. The van der Waals surface area contributed by atoms with Gasteiger partial charge in [-0.3, -0.25) is 4.90 Å². The Bertz CT molecular complexity index is 429. The van der Waals surface area contributed by atoms with Crippen molar-refractivity contribution in [2.75, 3.05) is 19.6 Å². The lowest BCUT2D eigenvalue weighted by Gasteiger charge is -2.39. The van der Waals surface area contributed by atoms with Gasteiger partial charge in [-0.25, -0.2) is 0 Å². The summed E-state index contributed by atoms with van der Waals surface area (Å²) < 4.78 is 0. The molecule has 104 valence electrons. The van der Waals surface area contributed by atoms with Gasteiger partial charge in [0.25, 0.3) is 0 Å². The van der Waals surface area contributed by atoms with Crippen LogP contribution in [0, 0.1) is 5.92 Å². The van der Waals surface area contributed by atoms with Gasteiger partial charge in [0.1, 0.15) is 0 Å². The highest BCUT2D eigenvalue weighted by Crippen LogP contribution is 2.37. The molecule has 1 aromatic rings. The molecule has 0 spiro atoms. The third-order valence-corrected chi connectivity index (χ3v) is 5.21. The maximum atomic E-state index is 5.94. The van der Waals surface area contributed by atoms with E-state index in [0.717, 1.165) is 24.4 Å². The minimum atomic E-state index is 0.732. The lowest BCUT2D eigenvalue weighted by molar-refractivity contribution is 0.155. The summed E-state index contributed by atoms with van der Waals surface area (Å²) in [6.45, 7) is 5.56. The van der Waals surface area contributed by atoms with Crippen LogP contribution in [0.2, 0.25) is 0 Å². The quantitative estimate of drug-likeness (QED) is 0.880. The number of likely N-dealkylation sites (N-methyl/N-ethyl adjacent to an activating group) is 1. The Morgan fingerprint density at radius 2 is 2.11 bits per heavy atom. The molecule has 1 fully saturated rings. The van der Waals surface area contributed by atoms with E-state index in [1.165, 1.54) is 38.8 Å². The maximum Gasteiger partial charge on any atom is 0.0136 e. The first-order chi connectivity index (χ1) is 9.33. The van der Waals surface area contributed by atoms with Gasteiger partial charge in [0.2, 0.25) is 0 Å². The molecule has 0 amide bonds. The van der Waals surface area contributed by atoms with Gasteiger partial charge in [-0.05, 0) is 49.4 Å². The van der Waals surface area contributed by atoms with E-state index in [2.05, 4.69) is 36.1 Å². The summed E-state index contributed by atoms with van der Waals surface area (Å²) in [4.78, 5) is 2.70. The van der Waals surface area contributed by atoms with Crippen LogP contribution in [-0.2, 0) is 6.42 Å². The Morgan fingerprint density at radius 1 is 1.26 bits per heavy atom. The van der Waals surface area contributed by atoms with Crippen molar-refractivity contribution in [3.8, 4) is 0 Å². The molecule has 2 aliphatic rings. The van der Waals surface area contributed by atoms with Gasteiger partial charge in [-0.2, -0.15) is 0 Å². The van der Waals surface area contributed by atoms with Crippen molar-refractivity contribution >= 4 is 0 Å². The third kappa shape index (κ3) is 2.44. The van der Waals surface area contributed by atoms with E-state index in [0.29, 0.717) is 0 Å². The first-order valence-electron chi connectivity index (χ1n) is 7.85. The molecule has 0 aromatic heterocycles. The monoisotopic (exact) mass is 258 g/mol. The van der Waals surface area contributed by atoms with Crippen LogP contribution in [0.1, 0.15) is 43.2 Å². The maximum absolute atomic E-state index is 5.94. The number of nitrogens with two attached hydrogens (primary N) is 1. The fraction of sp³-hybridized carbons (Fsp3) is 0.647. The van der Waals surface area contributed by atoms with Crippen LogP contribution in [0.25, 0.3) is 0 Å². The summed E-state index contributed by atoms with van der Waals surface area (Å²) in [7, 11) is 0. The minimum absolute atomic E-state index is 0.732. The van der Waals surface area contributed by atoms with Crippen molar-refractivity contribution in [3.05, 3.63) is 35.4 Å². The molecule has 0 bridgehead atoms. The highest BCUT2D eigenvalue weighted by molar-refractivity contribution is 5.40. The molecule has 19 heavy (non-hydrogen) atoms. The Morgan fingerprint density at radius 3 is 2.84 bits per heavy atom. The number of fused-ring (bicyclic) bond motifs is 1. The molecule has 2 N–H and O–H groups in total. The highest BCUT2D eigenvalue weighted by Gasteiger charge is 2.34. The molecule has 0 saturated heterocycles. The van der Waals surface area contributed by atoms with E-state index in [9.17, 15) is 0 Å². The number of benzene rings is 1. The Balaban J connectivity index is 1.65. The molecule has 2 aliphatic carbocycles. The van der Waals surface area contributed by atoms with E-state index in [4.69, 9.17) is 5.73 Å². The van der Waals surface area contributed by atoms with Crippen LogP contribution >= 0.6 is 0 Å². The lowest BCUT2D eigenvalue weighted by Crippen LogP contribution is -2.43. The van der Waals surface area contributed by atoms with Crippen molar-refractivity contribution < 1.29 is 0 Å². The fourth-order valence-corrected chi connectivity index (χ4v) is 4.08. The average molecular weight is 258 g/mol. The third-order valence-electron chi connectivity index (χ3n) is 5.21. The number of nitrogens with zero attached hydrogens (tertiary/aromatic N) is 1. The van der Waals surface area contributed by atoms with Gasteiger partial charge in [0.15, 0.2) is 0 Å². The first kappa shape index (κ1) is 13.1. The second kappa shape index (κ2) is 5.64. The number of rotatable bonds is 5. The summed E-state index contributed by atoms with van der Waals surface area (Å²) in [5, 5.41) is 0. The number of hydrogen-bond donors (Lipinski definition) is 1. The molecule has 3 atom stereocenters. The van der Waals surface area contributed by atoms with E-state index in [1.54, 1.807) is 11.1 Å². The molecule has 3 rings (SSSR count). The molecular weight excluding hydrogens is 232 g/mol. The topological polar surface area (TPSA) is 29.3 Å². The fourth-order valence-electron chi connectivity index (χ4n) is 4.08. The van der Waals surface area contributed by atoms with E-state index >= 15 is 0 Å². The lowest BCUT2D eigenvalue weighted by atomic mass is 9.77. The SMILES string of the molecule is CCN(CC1Cc2ccccc21)C1CCCC1CN. The molecule has 2 heteroatoms. The van der Waals surface area contributed by atoms with Gasteiger partial charge in [0, 0.05) is 18.5 Å². The van der Waals surface area contributed by atoms with E-state index < -0.39 is 0 Å². The zero-order chi connectivity index (χ0) is 13.2. The van der Waals surface area contributed by atoms with Crippen LogP contribution in [0.4, 0.5) is 0 Å². The van der Waals surface area contributed by atoms with Crippen molar-refractivity contribution in [1.29, 1.82) is 0 Å². The van der Waals surface area contributed by atoms with Crippen molar-refractivity contribution in [2.24, 2.45) is 11.7 Å². The molecule has 0 radical (unpaired) electrons. The summed E-state index contributed by atoms with van der Waals surface area (Å²) in [5.74, 6) is 1.49. The summed E-state index contributed by atoms with van der Waals surface area (Å²) in [6.07, 6.45) is 5.32. The van der Waals surface area contributed by atoms with Crippen LogP contribution in [0.3, 0.4) is 0 Å². The smallest absolute Gasteiger partial charge is 0.0136 e. The van der Waals surface area contributed by atoms with Crippen molar-refractivity contribution in [3.63, 3.8) is 0 Å². The molecule has 2 nitrogen and oxygen atoms in total. The summed E-state index contributed by atoms with van der Waals surface area (Å²) in [5.41, 5.74) is 9.09. The molecule has 1 aromatic carbocycles.